The third-order valence-electron chi connectivity index (χ3n) is 2.23. The summed E-state index contributed by atoms with van der Waals surface area (Å²) >= 11 is 0. The van der Waals surface area contributed by atoms with Gasteiger partial charge in [0, 0.05) is 6.42 Å². The van der Waals surface area contributed by atoms with Gasteiger partial charge in [-0.25, -0.2) is 0 Å². The van der Waals surface area contributed by atoms with Gasteiger partial charge in [0.1, 0.15) is 0 Å². The van der Waals surface area contributed by atoms with E-state index in [4.69, 9.17) is 4.74 Å². The van der Waals surface area contributed by atoms with Gasteiger partial charge >= 0.3 is 5.97 Å². The zero-order chi connectivity index (χ0) is 12.9. The maximum atomic E-state index is 11.2. The standard InChI is InChI=1S/C11H21NO5/c1-2-3-4-5-8-11(13)16-9-6-7-10-17-12(14)15/h2-10H2,1H3. The van der Waals surface area contributed by atoms with Crippen molar-refractivity contribution >= 4 is 5.97 Å². The lowest BCUT2D eigenvalue weighted by Gasteiger charge is -2.04. The van der Waals surface area contributed by atoms with Crippen LogP contribution in [0.1, 0.15) is 51.9 Å². The fraction of sp³-hybridized carbons (Fsp3) is 0.909. The normalized spacial score (nSPS) is 9.94. The minimum Gasteiger partial charge on any atom is -0.466 e. The van der Waals surface area contributed by atoms with Gasteiger partial charge in [-0.1, -0.05) is 26.2 Å². The van der Waals surface area contributed by atoms with Crippen molar-refractivity contribution in [3.8, 4) is 0 Å². The van der Waals surface area contributed by atoms with Crippen LogP contribution in [0.2, 0.25) is 0 Å². The summed E-state index contributed by atoms with van der Waals surface area (Å²) in [7, 11) is 0. The van der Waals surface area contributed by atoms with Crippen LogP contribution >= 0.6 is 0 Å². The van der Waals surface area contributed by atoms with E-state index in [1.807, 2.05) is 0 Å². The number of carbonyl (C=O) groups excluding carboxylic acids is 1. The fourth-order valence-electron chi connectivity index (χ4n) is 1.30. The van der Waals surface area contributed by atoms with Gasteiger partial charge in [-0.15, -0.1) is 10.1 Å². The molecule has 0 N–H and O–H groups in total. The van der Waals surface area contributed by atoms with Crippen LogP contribution in [0.25, 0.3) is 0 Å². The van der Waals surface area contributed by atoms with E-state index in [0.29, 0.717) is 25.9 Å². The third kappa shape index (κ3) is 12.6. The summed E-state index contributed by atoms with van der Waals surface area (Å²) < 4.78 is 4.96. The Labute approximate surface area is 101 Å². The molecule has 0 radical (unpaired) electrons. The van der Waals surface area contributed by atoms with Gasteiger partial charge in [-0.05, 0) is 19.3 Å². The second kappa shape index (κ2) is 11.2. The Morgan fingerprint density at radius 1 is 1.12 bits per heavy atom. The summed E-state index contributed by atoms with van der Waals surface area (Å²) in [5.41, 5.74) is 0. The van der Waals surface area contributed by atoms with Crippen LogP contribution in [0.15, 0.2) is 0 Å². The van der Waals surface area contributed by atoms with Crippen molar-refractivity contribution in [1.29, 1.82) is 0 Å². The number of nitrogens with zero attached hydrogens (tertiary/aromatic N) is 1. The summed E-state index contributed by atoms with van der Waals surface area (Å²) in [5, 5.41) is 8.99. The molecule has 100 valence electrons. The first kappa shape index (κ1) is 15.7. The Hall–Kier alpha value is -1.33. The largest absolute Gasteiger partial charge is 0.466 e. The van der Waals surface area contributed by atoms with Crippen LogP contribution in [0.4, 0.5) is 0 Å². The Balaban J connectivity index is 3.19. The molecule has 0 rings (SSSR count). The second-order valence-corrected chi connectivity index (χ2v) is 3.80. The molecule has 0 aliphatic heterocycles. The Bertz CT molecular complexity index is 220. The van der Waals surface area contributed by atoms with E-state index < -0.39 is 5.09 Å². The summed E-state index contributed by atoms with van der Waals surface area (Å²) in [4.78, 5) is 25.1. The zero-order valence-corrected chi connectivity index (χ0v) is 10.4. The zero-order valence-electron chi connectivity index (χ0n) is 10.4. The first-order chi connectivity index (χ1) is 8.16. The molecule has 0 aromatic rings. The van der Waals surface area contributed by atoms with Crippen LogP contribution < -0.4 is 0 Å². The highest BCUT2D eigenvalue weighted by Crippen LogP contribution is 2.03. The molecule has 6 nitrogen and oxygen atoms in total. The summed E-state index contributed by atoms with van der Waals surface area (Å²) in [5.74, 6) is -0.184. The van der Waals surface area contributed by atoms with Crippen molar-refractivity contribution in [2.75, 3.05) is 13.2 Å². The van der Waals surface area contributed by atoms with Crippen molar-refractivity contribution in [3.05, 3.63) is 10.1 Å². The van der Waals surface area contributed by atoms with Gasteiger partial charge in [0.15, 0.2) is 0 Å². The number of esters is 1. The van der Waals surface area contributed by atoms with Crippen molar-refractivity contribution in [2.45, 2.75) is 51.9 Å². The van der Waals surface area contributed by atoms with Gasteiger partial charge < -0.3 is 9.57 Å². The lowest BCUT2D eigenvalue weighted by Crippen LogP contribution is -2.07. The SMILES string of the molecule is CCCCCCC(=O)OCCCCO[N+](=O)[O-]. The highest BCUT2D eigenvalue weighted by Gasteiger charge is 2.02. The molecule has 0 fully saturated rings. The minimum absolute atomic E-state index is 0.0566. The molecule has 0 atom stereocenters. The molecule has 0 aliphatic rings. The summed E-state index contributed by atoms with van der Waals surface area (Å²) in [6.07, 6.45) is 5.79. The van der Waals surface area contributed by atoms with Gasteiger partial charge in [-0.2, -0.15) is 0 Å². The predicted molar refractivity (Wildman–Crippen MR) is 61.9 cm³/mol. The van der Waals surface area contributed by atoms with Crippen molar-refractivity contribution in [3.63, 3.8) is 0 Å². The molecule has 0 spiro atoms. The van der Waals surface area contributed by atoms with E-state index in [9.17, 15) is 14.9 Å². The monoisotopic (exact) mass is 247 g/mol. The van der Waals surface area contributed by atoms with Crippen LogP contribution in [0.5, 0.6) is 0 Å². The first-order valence-electron chi connectivity index (χ1n) is 6.09. The van der Waals surface area contributed by atoms with Crippen LogP contribution in [-0.4, -0.2) is 24.3 Å². The Kier molecular flexibility index (Phi) is 10.3. The van der Waals surface area contributed by atoms with E-state index in [2.05, 4.69) is 11.8 Å². The number of carbonyl (C=O) groups is 1. The summed E-state index contributed by atoms with van der Waals surface area (Å²) in [6.45, 7) is 2.49. The average Bonchev–Trinajstić information content (AvgIpc) is 2.29. The molecule has 6 heteroatoms. The predicted octanol–water partition coefficient (Wildman–Crippen LogP) is 2.49. The maximum absolute atomic E-state index is 11.2. The minimum atomic E-state index is -0.820. The second-order valence-electron chi connectivity index (χ2n) is 3.80. The Morgan fingerprint density at radius 3 is 2.47 bits per heavy atom. The van der Waals surface area contributed by atoms with E-state index in [1.165, 1.54) is 0 Å². The van der Waals surface area contributed by atoms with Gasteiger partial charge in [0.05, 0.1) is 13.2 Å². The molecule has 0 aliphatic carbocycles. The maximum Gasteiger partial charge on any atom is 0.305 e. The fourth-order valence-corrected chi connectivity index (χ4v) is 1.30. The number of ether oxygens (including phenoxy) is 1. The molecule has 0 aromatic carbocycles. The molecule has 0 aromatic heterocycles. The van der Waals surface area contributed by atoms with Gasteiger partial charge in [0.2, 0.25) is 0 Å². The highest BCUT2D eigenvalue weighted by molar-refractivity contribution is 5.69. The molecule has 0 amide bonds. The number of rotatable bonds is 11. The molecule has 0 saturated heterocycles. The number of hydrogen-bond donors (Lipinski definition) is 0. The molecular formula is C11H21NO5. The Morgan fingerprint density at radius 2 is 1.82 bits per heavy atom. The first-order valence-corrected chi connectivity index (χ1v) is 6.09. The number of unbranched alkanes of at least 4 members (excludes halogenated alkanes) is 4. The van der Waals surface area contributed by atoms with Gasteiger partial charge in [-0.3, -0.25) is 4.79 Å². The van der Waals surface area contributed by atoms with E-state index in [0.717, 1.165) is 25.7 Å². The van der Waals surface area contributed by atoms with Crippen molar-refractivity contribution in [1.82, 2.24) is 0 Å². The molecule has 0 saturated carbocycles. The average molecular weight is 247 g/mol. The van der Waals surface area contributed by atoms with Crippen LogP contribution in [0, 0.1) is 10.1 Å². The molecule has 17 heavy (non-hydrogen) atoms. The van der Waals surface area contributed by atoms with Crippen LogP contribution in [-0.2, 0) is 14.4 Å². The van der Waals surface area contributed by atoms with E-state index >= 15 is 0 Å². The molecule has 0 unspecified atom stereocenters. The van der Waals surface area contributed by atoms with Crippen molar-refractivity contribution < 1.29 is 19.5 Å². The topological polar surface area (TPSA) is 78.7 Å². The smallest absolute Gasteiger partial charge is 0.305 e. The van der Waals surface area contributed by atoms with Crippen molar-refractivity contribution in [2.24, 2.45) is 0 Å². The summed E-state index contributed by atoms with van der Waals surface area (Å²) in [6, 6.07) is 0. The lowest BCUT2D eigenvalue weighted by molar-refractivity contribution is -0.757. The molecule has 0 bridgehead atoms. The quantitative estimate of drug-likeness (QED) is 0.242. The lowest BCUT2D eigenvalue weighted by atomic mass is 10.2. The third-order valence-corrected chi connectivity index (χ3v) is 2.23. The highest BCUT2D eigenvalue weighted by atomic mass is 16.9. The van der Waals surface area contributed by atoms with E-state index in [-0.39, 0.29) is 12.6 Å². The van der Waals surface area contributed by atoms with Gasteiger partial charge in [0.25, 0.3) is 5.09 Å². The van der Waals surface area contributed by atoms with Crippen LogP contribution in [0.3, 0.4) is 0 Å². The molecule has 0 heterocycles. The van der Waals surface area contributed by atoms with E-state index in [1.54, 1.807) is 0 Å². The number of hydrogen-bond acceptors (Lipinski definition) is 5. The molecular weight excluding hydrogens is 226 g/mol.